The van der Waals surface area contributed by atoms with Crippen LogP contribution >= 0.6 is 21.6 Å². The molecule has 1 aromatic rings. The van der Waals surface area contributed by atoms with E-state index in [9.17, 15) is 15.0 Å². The lowest BCUT2D eigenvalue weighted by atomic mass is 10.1. The molecule has 0 aromatic heterocycles. The van der Waals surface area contributed by atoms with Crippen LogP contribution in [-0.4, -0.2) is 27.1 Å². The van der Waals surface area contributed by atoms with Crippen molar-refractivity contribution in [3.8, 4) is 0 Å². The number of amides is 1. The van der Waals surface area contributed by atoms with Crippen molar-refractivity contribution in [2.45, 2.75) is 58.5 Å². The maximum atomic E-state index is 12.0. The van der Waals surface area contributed by atoms with Crippen molar-refractivity contribution >= 4 is 33.2 Å². The highest BCUT2D eigenvalue weighted by atomic mass is 33.1. The third-order valence-electron chi connectivity index (χ3n) is 2.96. The van der Waals surface area contributed by atoms with E-state index in [1.54, 1.807) is 39.8 Å². The second-order valence-corrected chi connectivity index (χ2v) is 8.52. The van der Waals surface area contributed by atoms with Gasteiger partial charge in [-0.2, -0.15) is 0 Å². The summed E-state index contributed by atoms with van der Waals surface area (Å²) in [6, 6.07) is 5.16. The van der Waals surface area contributed by atoms with Gasteiger partial charge in [-0.1, -0.05) is 41.5 Å². The molecule has 0 fully saturated rings. The van der Waals surface area contributed by atoms with Crippen molar-refractivity contribution in [1.82, 2.24) is 0 Å². The van der Waals surface area contributed by atoms with Crippen molar-refractivity contribution in [1.29, 1.82) is 0 Å². The van der Waals surface area contributed by atoms with E-state index in [1.165, 1.54) is 0 Å². The van der Waals surface area contributed by atoms with Crippen LogP contribution in [0.1, 0.15) is 51.7 Å². The normalized spacial score (nSPS) is 10.7. The van der Waals surface area contributed by atoms with E-state index >= 15 is 0 Å². The van der Waals surface area contributed by atoms with Crippen LogP contribution in [0.3, 0.4) is 0 Å². The summed E-state index contributed by atoms with van der Waals surface area (Å²) >= 11 is 0. The summed E-state index contributed by atoms with van der Waals surface area (Å²) in [5.74, 6) is -0.0521. The van der Waals surface area contributed by atoms with Gasteiger partial charge in [0, 0.05) is 16.9 Å². The summed E-state index contributed by atoms with van der Waals surface area (Å²) in [7, 11) is 3.47. The minimum Gasteiger partial charge on any atom is -0.392 e. The first kappa shape index (κ1) is 22.3. The maximum absolute atomic E-state index is 12.0. The second kappa shape index (κ2) is 11.8. The van der Waals surface area contributed by atoms with Crippen molar-refractivity contribution in [2.24, 2.45) is 0 Å². The molecule has 0 aliphatic rings. The third kappa shape index (κ3) is 9.25. The Morgan fingerprint density at radius 1 is 1.13 bits per heavy atom. The molecule has 0 aliphatic heterocycles. The van der Waals surface area contributed by atoms with Crippen molar-refractivity contribution < 1.29 is 15.0 Å². The van der Waals surface area contributed by atoms with Crippen LogP contribution in [0.15, 0.2) is 18.2 Å². The Labute approximate surface area is 147 Å². The van der Waals surface area contributed by atoms with Gasteiger partial charge in [-0.3, -0.25) is 4.79 Å². The Morgan fingerprint density at radius 3 is 2.09 bits per heavy atom. The topological polar surface area (TPSA) is 69.6 Å². The monoisotopic (exact) mass is 359 g/mol. The molecule has 1 amide bonds. The van der Waals surface area contributed by atoms with E-state index in [4.69, 9.17) is 0 Å². The summed E-state index contributed by atoms with van der Waals surface area (Å²) in [5.41, 5.74) is 1.97. The van der Waals surface area contributed by atoms with E-state index < -0.39 is 0 Å². The molecule has 23 heavy (non-hydrogen) atoms. The molecule has 0 saturated carbocycles. The first-order chi connectivity index (χ1) is 10.9. The number of anilines is 1. The lowest BCUT2D eigenvalue weighted by Gasteiger charge is -2.21. The van der Waals surface area contributed by atoms with Crippen LogP contribution in [-0.2, 0) is 18.0 Å². The fourth-order valence-corrected chi connectivity index (χ4v) is 4.16. The number of hydrogen-bond acceptors (Lipinski definition) is 5. The molecule has 0 saturated heterocycles. The van der Waals surface area contributed by atoms with Gasteiger partial charge in [0.1, 0.15) is 0 Å². The zero-order chi connectivity index (χ0) is 17.9. The lowest BCUT2D eigenvalue weighted by Crippen LogP contribution is -2.19. The molecule has 0 spiro atoms. The zero-order valence-corrected chi connectivity index (χ0v) is 16.3. The summed E-state index contributed by atoms with van der Waals surface area (Å²) in [5, 5.41) is 21.2. The first-order valence-electron chi connectivity index (χ1n) is 7.76. The molecule has 4 nitrogen and oxygen atoms in total. The van der Waals surface area contributed by atoms with Gasteiger partial charge in [-0.25, -0.2) is 0 Å². The minimum atomic E-state index is -0.117. The summed E-state index contributed by atoms with van der Waals surface area (Å²) in [6.45, 7) is 8.01. The molecule has 0 bridgehead atoms. The van der Waals surface area contributed by atoms with Crippen molar-refractivity contribution in [3.05, 3.63) is 29.3 Å². The molecule has 0 aliphatic carbocycles. The molecular weight excluding hydrogens is 330 g/mol. The number of carbonyl (C=O) groups is 1. The number of hydrogen-bond donors (Lipinski definition) is 3. The SMILES string of the molecule is CC.CSSC(C)(C)CCC(=O)Nc1cc(CO)cc(CO)c1. The van der Waals surface area contributed by atoms with Crippen LogP contribution in [0.25, 0.3) is 0 Å². The molecule has 0 heterocycles. The highest BCUT2D eigenvalue weighted by Crippen LogP contribution is 2.37. The fraction of sp³-hybridized carbons (Fsp3) is 0.588. The Kier molecular flexibility index (Phi) is 11.4. The Bertz CT molecular complexity index is 457. The smallest absolute Gasteiger partial charge is 0.224 e. The minimum absolute atomic E-state index is 0.0521. The van der Waals surface area contributed by atoms with Gasteiger partial charge in [0.15, 0.2) is 0 Å². The summed E-state index contributed by atoms with van der Waals surface area (Å²) in [6.07, 6.45) is 3.26. The van der Waals surface area contributed by atoms with Crippen LogP contribution < -0.4 is 5.32 Å². The molecule has 0 atom stereocenters. The predicted molar refractivity (Wildman–Crippen MR) is 103 cm³/mol. The van der Waals surface area contributed by atoms with Crippen LogP contribution in [0.2, 0.25) is 0 Å². The fourth-order valence-electron chi connectivity index (χ4n) is 1.92. The molecular formula is C17H29NO3S2. The van der Waals surface area contributed by atoms with Crippen molar-refractivity contribution in [3.63, 3.8) is 0 Å². The predicted octanol–water partition coefficient (Wildman–Crippen LogP) is 4.21. The molecule has 1 aromatic carbocycles. The third-order valence-corrected chi connectivity index (χ3v) is 5.64. The van der Waals surface area contributed by atoms with E-state index in [2.05, 4.69) is 19.2 Å². The average Bonchev–Trinajstić information content (AvgIpc) is 2.54. The van der Waals surface area contributed by atoms with E-state index in [0.717, 1.165) is 6.42 Å². The molecule has 132 valence electrons. The highest BCUT2D eigenvalue weighted by molar-refractivity contribution is 8.76. The van der Waals surface area contributed by atoms with Gasteiger partial charge in [0.05, 0.1) is 13.2 Å². The lowest BCUT2D eigenvalue weighted by molar-refractivity contribution is -0.116. The van der Waals surface area contributed by atoms with Gasteiger partial charge < -0.3 is 15.5 Å². The summed E-state index contributed by atoms with van der Waals surface area (Å²) < 4.78 is 0.0555. The van der Waals surface area contributed by atoms with E-state index in [1.807, 2.05) is 20.1 Å². The molecule has 1 rings (SSSR count). The van der Waals surface area contributed by atoms with E-state index in [0.29, 0.717) is 23.2 Å². The Morgan fingerprint density at radius 2 is 1.65 bits per heavy atom. The van der Waals surface area contributed by atoms with Gasteiger partial charge in [0.2, 0.25) is 5.91 Å². The summed E-state index contributed by atoms with van der Waals surface area (Å²) in [4.78, 5) is 12.0. The van der Waals surface area contributed by atoms with Gasteiger partial charge >= 0.3 is 0 Å². The van der Waals surface area contributed by atoms with Crippen LogP contribution in [0.5, 0.6) is 0 Å². The number of aliphatic hydroxyl groups excluding tert-OH is 2. The number of aliphatic hydroxyl groups is 2. The van der Waals surface area contributed by atoms with Crippen LogP contribution in [0, 0.1) is 0 Å². The molecule has 3 N–H and O–H groups in total. The first-order valence-corrected chi connectivity index (χ1v) is 10.3. The number of carbonyl (C=O) groups excluding carboxylic acids is 1. The number of rotatable bonds is 8. The molecule has 0 radical (unpaired) electrons. The largest absolute Gasteiger partial charge is 0.392 e. The standard InChI is InChI=1S/C15H23NO3S2.C2H6/c1-15(2,21-20-3)5-4-14(19)16-13-7-11(9-17)6-12(8-13)10-18;1-2/h6-8,17-18H,4-5,9-10H2,1-3H3,(H,16,19);1-2H3. The van der Waals surface area contributed by atoms with Gasteiger partial charge in [0.25, 0.3) is 0 Å². The van der Waals surface area contributed by atoms with Crippen LogP contribution in [0.4, 0.5) is 5.69 Å². The maximum Gasteiger partial charge on any atom is 0.224 e. The quantitative estimate of drug-likeness (QED) is 0.607. The van der Waals surface area contributed by atoms with Crippen molar-refractivity contribution in [2.75, 3.05) is 11.6 Å². The average molecular weight is 360 g/mol. The molecule has 6 heteroatoms. The van der Waals surface area contributed by atoms with E-state index in [-0.39, 0.29) is 23.9 Å². The second-order valence-electron chi connectivity index (χ2n) is 5.41. The molecule has 0 unspecified atom stereocenters. The van der Waals surface area contributed by atoms with Gasteiger partial charge in [-0.15, -0.1) is 0 Å². The Balaban J connectivity index is 0.00000232. The zero-order valence-electron chi connectivity index (χ0n) is 14.7. The van der Waals surface area contributed by atoms with Gasteiger partial charge in [-0.05, 0) is 49.8 Å². The Hall–Kier alpha value is -0.690. The highest BCUT2D eigenvalue weighted by Gasteiger charge is 2.19. The number of benzene rings is 1. The number of nitrogens with one attached hydrogen (secondary N) is 1.